The van der Waals surface area contributed by atoms with Crippen LogP contribution in [-0.4, -0.2) is 9.55 Å². The van der Waals surface area contributed by atoms with E-state index in [1.165, 1.54) is 17.8 Å². The summed E-state index contributed by atoms with van der Waals surface area (Å²) in [5, 5.41) is 9.70. The summed E-state index contributed by atoms with van der Waals surface area (Å²) in [7, 11) is 1.52. The maximum atomic E-state index is 11.8. The summed E-state index contributed by atoms with van der Waals surface area (Å²) < 4.78 is 1.27. The predicted octanol–water partition coefficient (Wildman–Crippen LogP) is 2.11. The van der Waals surface area contributed by atoms with Crippen LogP contribution in [0, 0.1) is 11.3 Å². The molecule has 0 bridgehead atoms. The molecule has 6 heteroatoms. The normalized spacial score (nSPS) is 10.4. The number of nitriles is 1. The van der Waals surface area contributed by atoms with Gasteiger partial charge in [-0.05, 0) is 6.07 Å². The number of fused-ring (bicyclic) bond motifs is 1. The van der Waals surface area contributed by atoms with Gasteiger partial charge in [0.05, 0.1) is 10.5 Å². The second kappa shape index (κ2) is 3.78. The Morgan fingerprint density at radius 2 is 2.19 bits per heavy atom. The summed E-state index contributed by atoms with van der Waals surface area (Å²) >= 11 is 11.9. The smallest absolute Gasteiger partial charge is 0.270 e. The van der Waals surface area contributed by atoms with Crippen LogP contribution in [0.1, 0.15) is 5.56 Å². The predicted molar refractivity (Wildman–Crippen MR) is 61.7 cm³/mol. The van der Waals surface area contributed by atoms with Gasteiger partial charge in [0.2, 0.25) is 0 Å². The zero-order valence-corrected chi connectivity index (χ0v) is 9.67. The number of aromatic nitrogens is 2. The molecule has 2 aromatic heterocycles. The molecule has 80 valence electrons. The van der Waals surface area contributed by atoms with Crippen LogP contribution in [0.2, 0.25) is 10.2 Å². The highest BCUT2D eigenvalue weighted by molar-refractivity contribution is 6.39. The van der Waals surface area contributed by atoms with E-state index in [0.717, 1.165) is 0 Å². The Balaban J connectivity index is 3.16. The molecular weight excluding hydrogens is 249 g/mol. The summed E-state index contributed by atoms with van der Waals surface area (Å²) in [6.07, 6.45) is 1.47. The lowest BCUT2D eigenvalue weighted by molar-refractivity contribution is 0.897. The van der Waals surface area contributed by atoms with Crippen molar-refractivity contribution in [2.45, 2.75) is 0 Å². The molecule has 0 fully saturated rings. The standard InChI is InChI=1S/C10H5Cl2N3O/c1-15-8-5(2-3-14-9(8)12)7(11)6(4-13)10(15)16/h2-3H,1H3. The average molecular weight is 254 g/mol. The molecule has 0 amide bonds. The second-order valence-corrected chi connectivity index (χ2v) is 3.90. The molecular formula is C10H5Cl2N3O. The lowest BCUT2D eigenvalue weighted by Gasteiger charge is -2.08. The van der Waals surface area contributed by atoms with Gasteiger partial charge in [0.15, 0.2) is 5.15 Å². The molecule has 2 heterocycles. The fraction of sp³-hybridized carbons (Fsp3) is 0.100. The summed E-state index contributed by atoms with van der Waals surface area (Å²) in [4.78, 5) is 15.6. The maximum absolute atomic E-state index is 11.8. The van der Waals surface area contributed by atoms with Crippen LogP contribution in [0.4, 0.5) is 0 Å². The minimum atomic E-state index is -0.477. The van der Waals surface area contributed by atoms with Gasteiger partial charge in [-0.25, -0.2) is 4.98 Å². The number of hydrogen-bond donors (Lipinski definition) is 0. The van der Waals surface area contributed by atoms with Gasteiger partial charge in [0.25, 0.3) is 5.56 Å². The quantitative estimate of drug-likeness (QED) is 0.676. The van der Waals surface area contributed by atoms with Gasteiger partial charge in [-0.1, -0.05) is 23.2 Å². The van der Waals surface area contributed by atoms with E-state index in [0.29, 0.717) is 10.9 Å². The van der Waals surface area contributed by atoms with E-state index in [1.54, 1.807) is 12.1 Å². The third kappa shape index (κ3) is 1.37. The van der Waals surface area contributed by atoms with Crippen molar-refractivity contribution in [1.29, 1.82) is 5.26 Å². The summed E-state index contributed by atoms with van der Waals surface area (Å²) in [5.74, 6) is 0. The fourth-order valence-corrected chi connectivity index (χ4v) is 2.08. The first-order chi connectivity index (χ1) is 7.57. The number of pyridine rings is 2. The third-order valence-electron chi connectivity index (χ3n) is 2.30. The van der Waals surface area contributed by atoms with E-state index in [1.807, 2.05) is 0 Å². The van der Waals surface area contributed by atoms with Gasteiger partial charge >= 0.3 is 0 Å². The molecule has 0 saturated carbocycles. The molecule has 16 heavy (non-hydrogen) atoms. The molecule has 0 aromatic carbocycles. The van der Waals surface area contributed by atoms with E-state index in [9.17, 15) is 4.79 Å². The van der Waals surface area contributed by atoms with E-state index in [4.69, 9.17) is 28.5 Å². The highest BCUT2D eigenvalue weighted by atomic mass is 35.5. The van der Waals surface area contributed by atoms with Crippen LogP contribution in [0.25, 0.3) is 10.9 Å². The van der Waals surface area contributed by atoms with Crippen molar-refractivity contribution in [3.8, 4) is 6.07 Å². The van der Waals surface area contributed by atoms with E-state index in [-0.39, 0.29) is 15.7 Å². The average Bonchev–Trinajstić information content (AvgIpc) is 2.27. The van der Waals surface area contributed by atoms with Gasteiger partial charge in [-0.3, -0.25) is 4.79 Å². The van der Waals surface area contributed by atoms with Crippen molar-refractivity contribution in [3.05, 3.63) is 38.4 Å². The summed E-state index contributed by atoms with van der Waals surface area (Å²) in [6, 6.07) is 3.40. The minimum absolute atomic E-state index is 0.0843. The number of aryl methyl sites for hydroxylation is 1. The zero-order valence-electron chi connectivity index (χ0n) is 8.16. The maximum Gasteiger partial charge on any atom is 0.270 e. The summed E-state index contributed by atoms with van der Waals surface area (Å²) in [5.41, 5.74) is -0.132. The molecule has 0 aliphatic rings. The lowest BCUT2D eigenvalue weighted by atomic mass is 10.2. The molecule has 0 saturated heterocycles. The first kappa shape index (κ1) is 10.9. The number of rotatable bonds is 0. The van der Waals surface area contributed by atoms with Crippen molar-refractivity contribution in [2.75, 3.05) is 0 Å². The Kier molecular flexibility index (Phi) is 2.58. The van der Waals surface area contributed by atoms with Crippen LogP contribution in [-0.2, 0) is 7.05 Å². The van der Waals surface area contributed by atoms with E-state index in [2.05, 4.69) is 4.98 Å². The van der Waals surface area contributed by atoms with Crippen LogP contribution in [0.15, 0.2) is 17.1 Å². The number of hydrogen-bond acceptors (Lipinski definition) is 3. The highest BCUT2D eigenvalue weighted by Crippen LogP contribution is 2.27. The van der Waals surface area contributed by atoms with Crippen molar-refractivity contribution in [3.63, 3.8) is 0 Å². The Morgan fingerprint density at radius 3 is 2.81 bits per heavy atom. The van der Waals surface area contributed by atoms with Gasteiger partial charge in [-0.2, -0.15) is 5.26 Å². The molecule has 0 radical (unpaired) electrons. The van der Waals surface area contributed by atoms with Gasteiger partial charge < -0.3 is 4.57 Å². The Labute approximate surface area is 101 Å². The van der Waals surface area contributed by atoms with Gasteiger partial charge in [-0.15, -0.1) is 0 Å². The first-order valence-corrected chi connectivity index (χ1v) is 5.06. The molecule has 2 aromatic rings. The van der Waals surface area contributed by atoms with E-state index >= 15 is 0 Å². The van der Waals surface area contributed by atoms with Crippen molar-refractivity contribution >= 4 is 34.1 Å². The topological polar surface area (TPSA) is 58.7 Å². The molecule has 2 rings (SSSR count). The van der Waals surface area contributed by atoms with Crippen molar-refractivity contribution < 1.29 is 0 Å². The fourth-order valence-electron chi connectivity index (χ4n) is 1.52. The highest BCUT2D eigenvalue weighted by Gasteiger charge is 2.15. The van der Waals surface area contributed by atoms with Crippen LogP contribution in [0.5, 0.6) is 0 Å². The zero-order chi connectivity index (χ0) is 11.9. The van der Waals surface area contributed by atoms with Crippen LogP contribution in [0.3, 0.4) is 0 Å². The van der Waals surface area contributed by atoms with Gasteiger partial charge in [0, 0.05) is 18.6 Å². The van der Waals surface area contributed by atoms with Crippen LogP contribution >= 0.6 is 23.2 Å². The molecule has 4 nitrogen and oxygen atoms in total. The van der Waals surface area contributed by atoms with E-state index < -0.39 is 5.56 Å². The Hall–Kier alpha value is -1.57. The molecule has 0 aliphatic carbocycles. The third-order valence-corrected chi connectivity index (χ3v) is 2.97. The molecule has 0 unspecified atom stereocenters. The van der Waals surface area contributed by atoms with Crippen LogP contribution < -0.4 is 5.56 Å². The largest absolute Gasteiger partial charge is 0.307 e. The first-order valence-electron chi connectivity index (χ1n) is 4.30. The van der Waals surface area contributed by atoms with Crippen molar-refractivity contribution in [1.82, 2.24) is 9.55 Å². The molecule has 0 spiro atoms. The van der Waals surface area contributed by atoms with Gasteiger partial charge in [0.1, 0.15) is 11.6 Å². The lowest BCUT2D eigenvalue weighted by Crippen LogP contribution is -2.20. The number of halogens is 2. The second-order valence-electron chi connectivity index (χ2n) is 3.16. The SMILES string of the molecule is Cn1c(=O)c(C#N)c(Cl)c2ccnc(Cl)c21. The molecule has 0 aliphatic heterocycles. The summed E-state index contributed by atoms with van der Waals surface area (Å²) in [6.45, 7) is 0. The Bertz CT molecular complexity index is 685. The van der Waals surface area contributed by atoms with Crippen molar-refractivity contribution in [2.24, 2.45) is 7.05 Å². The number of nitrogens with zero attached hydrogens (tertiary/aromatic N) is 3. The monoisotopic (exact) mass is 253 g/mol. The Morgan fingerprint density at radius 1 is 1.50 bits per heavy atom. The minimum Gasteiger partial charge on any atom is -0.307 e. The molecule has 0 N–H and O–H groups in total. The molecule has 0 atom stereocenters.